The Kier molecular flexibility index (Phi) is 4.66. The number of carbonyl (C=O) groups is 2. The summed E-state index contributed by atoms with van der Waals surface area (Å²) in [7, 11) is 0. The molecule has 0 saturated heterocycles. The Morgan fingerprint density at radius 2 is 2.00 bits per heavy atom. The first-order valence-electron chi connectivity index (χ1n) is 5.30. The Labute approximate surface area is 99.7 Å². The highest BCUT2D eigenvalue weighted by Gasteiger charge is 2.11. The second kappa shape index (κ2) is 6.00. The molecule has 1 aromatic rings. The van der Waals surface area contributed by atoms with E-state index in [2.05, 4.69) is 0 Å². The molecule has 0 fully saturated rings. The first kappa shape index (κ1) is 13.2. The van der Waals surface area contributed by atoms with Crippen LogP contribution >= 0.6 is 0 Å². The zero-order valence-electron chi connectivity index (χ0n) is 9.68. The molecule has 1 atom stereocenters. The summed E-state index contributed by atoms with van der Waals surface area (Å²) in [6, 6.07) is 6.20. The van der Waals surface area contributed by atoms with Gasteiger partial charge in [0.2, 0.25) is 5.91 Å². The fourth-order valence-corrected chi connectivity index (χ4v) is 1.32. The third kappa shape index (κ3) is 3.88. The number of ether oxygens (including phenoxy) is 1. The van der Waals surface area contributed by atoms with Crippen LogP contribution in [0.25, 0.3) is 0 Å². The average Bonchev–Trinajstić information content (AvgIpc) is 2.29. The van der Waals surface area contributed by atoms with E-state index in [1.807, 2.05) is 0 Å². The smallest absolute Gasteiger partial charge is 0.234 e. The van der Waals surface area contributed by atoms with Gasteiger partial charge in [0.25, 0.3) is 0 Å². The molecule has 5 heteroatoms. The highest BCUT2D eigenvalue weighted by molar-refractivity contribution is 5.96. The van der Waals surface area contributed by atoms with Gasteiger partial charge in [-0.3, -0.25) is 9.59 Å². The largest absolute Gasteiger partial charge is 0.493 e. The Balaban J connectivity index is 2.58. The minimum Gasteiger partial charge on any atom is -0.493 e. The Morgan fingerprint density at radius 1 is 1.35 bits per heavy atom. The van der Waals surface area contributed by atoms with Gasteiger partial charge in [-0.05, 0) is 19.1 Å². The van der Waals surface area contributed by atoms with Gasteiger partial charge in [0.15, 0.2) is 5.78 Å². The standard InChI is InChI=1S/C12H16N2O3/c1-8(15)9-4-2-3-5-11(9)17-7-6-10(13)12(14)16/h2-5,10H,6-7,13H2,1H3,(H2,14,16). The molecule has 0 saturated carbocycles. The molecule has 0 aliphatic carbocycles. The monoisotopic (exact) mass is 236 g/mol. The van der Waals surface area contributed by atoms with E-state index in [0.29, 0.717) is 17.7 Å². The molecule has 5 nitrogen and oxygen atoms in total. The summed E-state index contributed by atoms with van der Waals surface area (Å²) < 4.78 is 5.41. The van der Waals surface area contributed by atoms with Gasteiger partial charge in [0.05, 0.1) is 18.2 Å². The number of amides is 1. The van der Waals surface area contributed by atoms with Crippen LogP contribution in [0.15, 0.2) is 24.3 Å². The number of primary amides is 1. The first-order chi connectivity index (χ1) is 8.02. The summed E-state index contributed by atoms with van der Waals surface area (Å²) in [6.07, 6.45) is 0.321. The van der Waals surface area contributed by atoms with E-state index in [1.165, 1.54) is 6.92 Å². The third-order valence-corrected chi connectivity index (χ3v) is 2.32. The molecule has 1 aromatic carbocycles. The van der Waals surface area contributed by atoms with Crippen molar-refractivity contribution in [2.24, 2.45) is 11.5 Å². The van der Waals surface area contributed by atoms with Crippen LogP contribution in [0.5, 0.6) is 5.75 Å². The average molecular weight is 236 g/mol. The lowest BCUT2D eigenvalue weighted by atomic mass is 10.1. The Hall–Kier alpha value is -1.88. The summed E-state index contributed by atoms with van der Waals surface area (Å²) >= 11 is 0. The second-order valence-electron chi connectivity index (χ2n) is 3.70. The van der Waals surface area contributed by atoms with Gasteiger partial charge in [-0.1, -0.05) is 12.1 Å². The predicted octanol–water partition coefficient (Wildman–Crippen LogP) is 0.471. The van der Waals surface area contributed by atoms with Crippen LogP contribution < -0.4 is 16.2 Å². The third-order valence-electron chi connectivity index (χ3n) is 2.32. The minimum atomic E-state index is -0.723. The molecule has 0 aliphatic rings. The number of carbonyl (C=O) groups excluding carboxylic acids is 2. The van der Waals surface area contributed by atoms with Crippen molar-refractivity contribution >= 4 is 11.7 Å². The van der Waals surface area contributed by atoms with Crippen LogP contribution in [0, 0.1) is 0 Å². The van der Waals surface area contributed by atoms with Gasteiger partial charge in [0, 0.05) is 6.42 Å². The topological polar surface area (TPSA) is 95.4 Å². The number of para-hydroxylation sites is 1. The summed E-state index contributed by atoms with van der Waals surface area (Å²) in [5.41, 5.74) is 11.0. The lowest BCUT2D eigenvalue weighted by Crippen LogP contribution is -2.37. The zero-order chi connectivity index (χ0) is 12.8. The predicted molar refractivity (Wildman–Crippen MR) is 63.7 cm³/mol. The molecule has 0 spiro atoms. The maximum absolute atomic E-state index is 11.3. The molecule has 0 bridgehead atoms. The van der Waals surface area contributed by atoms with Crippen molar-refractivity contribution < 1.29 is 14.3 Å². The molecule has 17 heavy (non-hydrogen) atoms. The summed E-state index contributed by atoms with van der Waals surface area (Å²) in [5, 5.41) is 0. The van der Waals surface area contributed by atoms with Crippen molar-refractivity contribution in [3.8, 4) is 5.75 Å². The number of benzene rings is 1. The number of Topliss-reactive ketones (excluding diaryl/α,β-unsaturated/α-hetero) is 1. The Bertz CT molecular complexity index is 418. The number of rotatable bonds is 6. The molecule has 1 rings (SSSR count). The van der Waals surface area contributed by atoms with Crippen molar-refractivity contribution in [2.45, 2.75) is 19.4 Å². The summed E-state index contributed by atoms with van der Waals surface area (Å²) in [6.45, 7) is 1.71. The van der Waals surface area contributed by atoms with Crippen molar-refractivity contribution in [2.75, 3.05) is 6.61 Å². The highest BCUT2D eigenvalue weighted by atomic mass is 16.5. The molecule has 4 N–H and O–H groups in total. The fourth-order valence-electron chi connectivity index (χ4n) is 1.32. The lowest BCUT2D eigenvalue weighted by molar-refractivity contribution is -0.119. The minimum absolute atomic E-state index is 0.0696. The van der Waals surface area contributed by atoms with Crippen LogP contribution in [0.1, 0.15) is 23.7 Å². The van der Waals surface area contributed by atoms with E-state index < -0.39 is 11.9 Å². The van der Waals surface area contributed by atoms with Gasteiger partial charge in [-0.15, -0.1) is 0 Å². The van der Waals surface area contributed by atoms with E-state index in [-0.39, 0.29) is 12.4 Å². The Morgan fingerprint density at radius 3 is 2.59 bits per heavy atom. The number of hydrogen-bond acceptors (Lipinski definition) is 4. The van der Waals surface area contributed by atoms with E-state index >= 15 is 0 Å². The SMILES string of the molecule is CC(=O)c1ccccc1OCCC(N)C(N)=O. The van der Waals surface area contributed by atoms with E-state index in [0.717, 1.165) is 0 Å². The van der Waals surface area contributed by atoms with Crippen molar-refractivity contribution in [1.82, 2.24) is 0 Å². The van der Waals surface area contributed by atoms with Gasteiger partial charge in [-0.2, -0.15) is 0 Å². The molecule has 0 aromatic heterocycles. The maximum atomic E-state index is 11.3. The molecule has 0 aliphatic heterocycles. The van der Waals surface area contributed by atoms with Crippen LogP contribution in [0.2, 0.25) is 0 Å². The molecule has 0 heterocycles. The van der Waals surface area contributed by atoms with Gasteiger partial charge in [0.1, 0.15) is 5.75 Å². The number of ketones is 1. The first-order valence-corrected chi connectivity index (χ1v) is 5.30. The van der Waals surface area contributed by atoms with E-state index in [4.69, 9.17) is 16.2 Å². The molecular formula is C12H16N2O3. The summed E-state index contributed by atoms with van der Waals surface area (Å²) in [5.74, 6) is -0.134. The van der Waals surface area contributed by atoms with E-state index in [1.54, 1.807) is 24.3 Å². The van der Waals surface area contributed by atoms with Crippen LogP contribution in [-0.4, -0.2) is 24.3 Å². The molecule has 0 radical (unpaired) electrons. The normalized spacial score (nSPS) is 11.9. The van der Waals surface area contributed by atoms with Crippen molar-refractivity contribution in [3.05, 3.63) is 29.8 Å². The van der Waals surface area contributed by atoms with Crippen LogP contribution in [-0.2, 0) is 4.79 Å². The second-order valence-corrected chi connectivity index (χ2v) is 3.70. The molecular weight excluding hydrogens is 220 g/mol. The van der Waals surface area contributed by atoms with Gasteiger partial charge < -0.3 is 16.2 Å². The van der Waals surface area contributed by atoms with Crippen LogP contribution in [0.3, 0.4) is 0 Å². The number of nitrogens with two attached hydrogens (primary N) is 2. The van der Waals surface area contributed by atoms with Crippen LogP contribution in [0.4, 0.5) is 0 Å². The lowest BCUT2D eigenvalue weighted by Gasteiger charge is -2.11. The zero-order valence-corrected chi connectivity index (χ0v) is 9.68. The molecule has 1 amide bonds. The highest BCUT2D eigenvalue weighted by Crippen LogP contribution is 2.18. The number of hydrogen-bond donors (Lipinski definition) is 2. The fraction of sp³-hybridized carbons (Fsp3) is 0.333. The quantitative estimate of drug-likeness (QED) is 0.702. The maximum Gasteiger partial charge on any atom is 0.234 e. The van der Waals surface area contributed by atoms with E-state index in [9.17, 15) is 9.59 Å². The molecule has 1 unspecified atom stereocenters. The van der Waals surface area contributed by atoms with Crippen molar-refractivity contribution in [1.29, 1.82) is 0 Å². The van der Waals surface area contributed by atoms with Gasteiger partial charge in [-0.25, -0.2) is 0 Å². The van der Waals surface area contributed by atoms with Crippen molar-refractivity contribution in [3.63, 3.8) is 0 Å². The molecule has 92 valence electrons. The van der Waals surface area contributed by atoms with Gasteiger partial charge >= 0.3 is 0 Å². The summed E-state index contributed by atoms with van der Waals surface area (Å²) in [4.78, 5) is 22.0.